The Balaban J connectivity index is 2.22. The Morgan fingerprint density at radius 2 is 2.24 bits per heavy atom. The van der Waals surface area contributed by atoms with E-state index in [2.05, 4.69) is 26.4 Å². The standard InChI is InChI=1S/C11H10BrN3O2/c1-6-4-10(15-17-6)14-11(16)8-5-7(12)2-3-9(8)13/h2-5H,13H2,1H3,(H,14,15,16). The first-order valence-electron chi connectivity index (χ1n) is 4.86. The summed E-state index contributed by atoms with van der Waals surface area (Å²) in [7, 11) is 0. The third-order valence-electron chi connectivity index (χ3n) is 2.13. The number of nitrogens with zero attached hydrogens (tertiary/aromatic N) is 1. The van der Waals surface area contributed by atoms with Gasteiger partial charge in [0.15, 0.2) is 5.82 Å². The molecule has 88 valence electrons. The van der Waals surface area contributed by atoms with Gasteiger partial charge in [0.05, 0.1) is 5.56 Å². The molecule has 2 aromatic rings. The summed E-state index contributed by atoms with van der Waals surface area (Å²) in [5.41, 5.74) is 6.52. The number of hydrogen-bond donors (Lipinski definition) is 2. The van der Waals surface area contributed by atoms with Gasteiger partial charge in [-0.2, -0.15) is 0 Å². The van der Waals surface area contributed by atoms with E-state index in [0.29, 0.717) is 22.8 Å². The number of benzene rings is 1. The van der Waals surface area contributed by atoms with Crippen LogP contribution in [0.5, 0.6) is 0 Å². The van der Waals surface area contributed by atoms with Gasteiger partial charge in [0.2, 0.25) is 0 Å². The summed E-state index contributed by atoms with van der Waals surface area (Å²) in [5.74, 6) is 0.673. The van der Waals surface area contributed by atoms with E-state index >= 15 is 0 Å². The maximum absolute atomic E-state index is 11.9. The maximum Gasteiger partial charge on any atom is 0.259 e. The zero-order valence-electron chi connectivity index (χ0n) is 9.03. The Labute approximate surface area is 106 Å². The van der Waals surface area contributed by atoms with E-state index < -0.39 is 0 Å². The second kappa shape index (κ2) is 4.58. The lowest BCUT2D eigenvalue weighted by atomic mass is 10.1. The molecule has 0 aliphatic rings. The van der Waals surface area contributed by atoms with Crippen molar-refractivity contribution in [3.63, 3.8) is 0 Å². The van der Waals surface area contributed by atoms with Crippen molar-refractivity contribution < 1.29 is 9.32 Å². The Morgan fingerprint density at radius 3 is 2.88 bits per heavy atom. The molecule has 0 aliphatic carbocycles. The predicted octanol–water partition coefficient (Wildman–Crippen LogP) is 2.58. The molecular weight excluding hydrogens is 286 g/mol. The highest BCUT2D eigenvalue weighted by molar-refractivity contribution is 9.10. The highest BCUT2D eigenvalue weighted by Gasteiger charge is 2.12. The number of nitrogen functional groups attached to an aromatic ring is 1. The van der Waals surface area contributed by atoms with Gasteiger partial charge in [-0.1, -0.05) is 21.1 Å². The lowest BCUT2D eigenvalue weighted by Crippen LogP contribution is -2.14. The third-order valence-corrected chi connectivity index (χ3v) is 2.62. The van der Waals surface area contributed by atoms with Crippen molar-refractivity contribution in [3.05, 3.63) is 40.1 Å². The minimum Gasteiger partial charge on any atom is -0.398 e. The van der Waals surface area contributed by atoms with E-state index in [1.165, 1.54) is 0 Å². The molecular formula is C11H10BrN3O2. The van der Waals surface area contributed by atoms with Crippen LogP contribution >= 0.6 is 15.9 Å². The first-order valence-corrected chi connectivity index (χ1v) is 5.65. The zero-order valence-corrected chi connectivity index (χ0v) is 10.6. The number of hydrogen-bond acceptors (Lipinski definition) is 4. The molecule has 0 radical (unpaired) electrons. The van der Waals surface area contributed by atoms with E-state index in [0.717, 1.165) is 4.47 Å². The summed E-state index contributed by atoms with van der Waals surface area (Å²) in [6, 6.07) is 6.71. The Kier molecular flexibility index (Phi) is 3.14. The molecule has 0 spiro atoms. The molecule has 5 nitrogen and oxygen atoms in total. The molecule has 0 atom stereocenters. The third kappa shape index (κ3) is 2.65. The van der Waals surface area contributed by atoms with Crippen LogP contribution in [0.15, 0.2) is 33.3 Å². The number of rotatable bonds is 2. The molecule has 1 aromatic carbocycles. The number of carbonyl (C=O) groups excluding carboxylic acids is 1. The zero-order chi connectivity index (χ0) is 12.4. The van der Waals surface area contributed by atoms with E-state index in [-0.39, 0.29) is 5.91 Å². The van der Waals surface area contributed by atoms with Gasteiger partial charge in [-0.3, -0.25) is 4.79 Å². The fourth-order valence-electron chi connectivity index (χ4n) is 1.33. The lowest BCUT2D eigenvalue weighted by molar-refractivity contribution is 0.102. The fraction of sp³-hybridized carbons (Fsp3) is 0.0909. The monoisotopic (exact) mass is 295 g/mol. The summed E-state index contributed by atoms with van der Waals surface area (Å²) < 4.78 is 5.64. The van der Waals surface area contributed by atoms with Crippen LogP contribution in [0, 0.1) is 6.92 Å². The molecule has 0 saturated carbocycles. The molecule has 2 rings (SSSR count). The smallest absolute Gasteiger partial charge is 0.259 e. The van der Waals surface area contributed by atoms with Crippen LogP contribution in [-0.4, -0.2) is 11.1 Å². The quantitative estimate of drug-likeness (QED) is 0.835. The van der Waals surface area contributed by atoms with Crippen molar-refractivity contribution in [1.82, 2.24) is 5.16 Å². The van der Waals surface area contributed by atoms with E-state index in [4.69, 9.17) is 10.3 Å². The van der Waals surface area contributed by atoms with Crippen LogP contribution in [0.4, 0.5) is 11.5 Å². The summed E-state index contributed by atoms with van der Waals surface area (Å²) in [5, 5.41) is 6.28. The van der Waals surface area contributed by atoms with Crippen molar-refractivity contribution in [2.24, 2.45) is 0 Å². The minimum absolute atomic E-state index is 0.322. The number of anilines is 2. The number of aromatic nitrogens is 1. The Morgan fingerprint density at radius 1 is 1.47 bits per heavy atom. The molecule has 1 heterocycles. The fourth-order valence-corrected chi connectivity index (χ4v) is 1.70. The largest absolute Gasteiger partial charge is 0.398 e. The molecule has 1 amide bonds. The Bertz CT molecular complexity index is 566. The van der Waals surface area contributed by atoms with Crippen molar-refractivity contribution in [3.8, 4) is 0 Å². The number of amides is 1. The molecule has 0 unspecified atom stereocenters. The van der Waals surface area contributed by atoms with Crippen LogP contribution in [0.25, 0.3) is 0 Å². The van der Waals surface area contributed by atoms with Crippen LogP contribution in [0.2, 0.25) is 0 Å². The maximum atomic E-state index is 11.9. The molecule has 0 saturated heterocycles. The first-order chi connectivity index (χ1) is 8.06. The van der Waals surface area contributed by atoms with Crippen molar-refractivity contribution in [1.29, 1.82) is 0 Å². The van der Waals surface area contributed by atoms with Gasteiger partial charge >= 0.3 is 0 Å². The van der Waals surface area contributed by atoms with Crippen molar-refractivity contribution in [2.75, 3.05) is 11.1 Å². The minimum atomic E-state index is -0.322. The number of halogens is 1. The van der Waals surface area contributed by atoms with E-state index in [9.17, 15) is 4.79 Å². The van der Waals surface area contributed by atoms with E-state index in [1.807, 2.05) is 0 Å². The highest BCUT2D eigenvalue weighted by atomic mass is 79.9. The van der Waals surface area contributed by atoms with Crippen LogP contribution in [0.3, 0.4) is 0 Å². The van der Waals surface area contributed by atoms with E-state index in [1.54, 1.807) is 31.2 Å². The number of nitrogens with one attached hydrogen (secondary N) is 1. The molecule has 3 N–H and O–H groups in total. The van der Waals surface area contributed by atoms with Crippen LogP contribution in [0.1, 0.15) is 16.1 Å². The lowest BCUT2D eigenvalue weighted by Gasteiger charge is -2.05. The number of aryl methyl sites for hydroxylation is 1. The number of nitrogens with two attached hydrogens (primary N) is 1. The molecule has 0 bridgehead atoms. The average Bonchev–Trinajstić information content (AvgIpc) is 2.67. The molecule has 0 aliphatic heterocycles. The van der Waals surface area contributed by atoms with Crippen LogP contribution < -0.4 is 11.1 Å². The SMILES string of the molecule is Cc1cc(NC(=O)c2cc(Br)ccc2N)no1. The molecule has 1 aromatic heterocycles. The highest BCUT2D eigenvalue weighted by Crippen LogP contribution is 2.19. The summed E-state index contributed by atoms with van der Waals surface area (Å²) in [6.45, 7) is 1.75. The van der Waals surface area contributed by atoms with Crippen molar-refractivity contribution in [2.45, 2.75) is 6.92 Å². The summed E-state index contributed by atoms with van der Waals surface area (Å²) in [6.07, 6.45) is 0. The number of carbonyl (C=O) groups is 1. The normalized spacial score (nSPS) is 10.2. The second-order valence-corrected chi connectivity index (χ2v) is 4.42. The molecule has 17 heavy (non-hydrogen) atoms. The average molecular weight is 296 g/mol. The summed E-state index contributed by atoms with van der Waals surface area (Å²) >= 11 is 3.28. The molecule has 6 heteroatoms. The van der Waals surface area contributed by atoms with Gasteiger partial charge in [-0.15, -0.1) is 0 Å². The van der Waals surface area contributed by atoms with Crippen LogP contribution in [-0.2, 0) is 0 Å². The van der Waals surface area contributed by atoms with Gasteiger partial charge in [0, 0.05) is 16.2 Å². The predicted molar refractivity (Wildman–Crippen MR) is 67.7 cm³/mol. The van der Waals surface area contributed by atoms with Gasteiger partial charge in [-0.05, 0) is 25.1 Å². The topological polar surface area (TPSA) is 81.2 Å². The van der Waals surface area contributed by atoms with Gasteiger partial charge in [0.1, 0.15) is 5.76 Å². The first kappa shape index (κ1) is 11.7. The van der Waals surface area contributed by atoms with Crippen molar-refractivity contribution >= 4 is 33.3 Å². The second-order valence-electron chi connectivity index (χ2n) is 3.51. The van der Waals surface area contributed by atoms with Gasteiger partial charge in [0.25, 0.3) is 5.91 Å². The Hall–Kier alpha value is -1.82. The molecule has 0 fully saturated rings. The van der Waals surface area contributed by atoms with Gasteiger partial charge in [-0.25, -0.2) is 0 Å². The van der Waals surface area contributed by atoms with Gasteiger partial charge < -0.3 is 15.6 Å². The summed E-state index contributed by atoms with van der Waals surface area (Å²) in [4.78, 5) is 11.9.